The molecule has 7 heteroatoms. The SMILES string of the molecule is C/C=C/c1ccc(OCCCCn2c(C(C)NC(=O)COC)nc3ccccc32)c(OC)c1. The van der Waals surface area contributed by atoms with Gasteiger partial charge in [0.2, 0.25) is 5.91 Å². The van der Waals surface area contributed by atoms with E-state index >= 15 is 0 Å². The highest BCUT2D eigenvalue weighted by Crippen LogP contribution is 2.29. The summed E-state index contributed by atoms with van der Waals surface area (Å²) in [5, 5.41) is 2.96. The Balaban J connectivity index is 1.62. The Morgan fingerprint density at radius 3 is 2.73 bits per heavy atom. The van der Waals surface area contributed by atoms with Crippen LogP contribution in [0.3, 0.4) is 0 Å². The number of ether oxygens (including phenoxy) is 3. The van der Waals surface area contributed by atoms with Gasteiger partial charge in [-0.2, -0.15) is 0 Å². The first kappa shape index (κ1) is 24.3. The number of carbonyl (C=O) groups is 1. The number of carbonyl (C=O) groups excluding carboxylic acids is 1. The summed E-state index contributed by atoms with van der Waals surface area (Å²) in [6, 6.07) is 13.7. The van der Waals surface area contributed by atoms with E-state index in [1.807, 2.05) is 62.4 Å². The molecular weight excluding hydrogens is 418 g/mol. The van der Waals surface area contributed by atoms with Crippen LogP contribution in [0.1, 0.15) is 44.1 Å². The van der Waals surface area contributed by atoms with E-state index < -0.39 is 0 Å². The van der Waals surface area contributed by atoms with Gasteiger partial charge in [0.25, 0.3) is 0 Å². The van der Waals surface area contributed by atoms with E-state index in [0.29, 0.717) is 6.61 Å². The molecule has 0 saturated carbocycles. The summed E-state index contributed by atoms with van der Waals surface area (Å²) in [6.07, 6.45) is 5.80. The van der Waals surface area contributed by atoms with E-state index in [1.54, 1.807) is 7.11 Å². The number of aryl methyl sites for hydroxylation is 1. The lowest BCUT2D eigenvalue weighted by Crippen LogP contribution is -2.31. The Kier molecular flexibility index (Phi) is 8.89. The van der Waals surface area contributed by atoms with Crippen LogP contribution >= 0.6 is 0 Å². The van der Waals surface area contributed by atoms with Crippen molar-refractivity contribution < 1.29 is 19.0 Å². The molecule has 1 aromatic heterocycles. The van der Waals surface area contributed by atoms with Gasteiger partial charge in [0.05, 0.1) is 30.8 Å². The maximum absolute atomic E-state index is 12.0. The zero-order chi connectivity index (χ0) is 23.6. The van der Waals surface area contributed by atoms with Gasteiger partial charge in [-0.05, 0) is 56.5 Å². The number of hydrogen-bond acceptors (Lipinski definition) is 5. The van der Waals surface area contributed by atoms with Crippen LogP contribution in [0, 0.1) is 0 Å². The van der Waals surface area contributed by atoms with Crippen molar-refractivity contribution in [1.29, 1.82) is 0 Å². The van der Waals surface area contributed by atoms with Gasteiger partial charge < -0.3 is 24.1 Å². The molecule has 0 aliphatic heterocycles. The van der Waals surface area contributed by atoms with Crippen LogP contribution in [0.5, 0.6) is 11.5 Å². The molecule has 33 heavy (non-hydrogen) atoms. The topological polar surface area (TPSA) is 74.6 Å². The number of aromatic nitrogens is 2. The van der Waals surface area contributed by atoms with Crippen LogP contribution in [0.15, 0.2) is 48.5 Å². The van der Waals surface area contributed by atoms with Crippen LogP contribution in [-0.4, -0.2) is 42.9 Å². The molecule has 0 radical (unpaired) electrons. The minimum Gasteiger partial charge on any atom is -0.493 e. The van der Waals surface area contributed by atoms with Crippen molar-refractivity contribution >= 4 is 23.0 Å². The fourth-order valence-electron chi connectivity index (χ4n) is 3.79. The molecule has 0 bridgehead atoms. The summed E-state index contributed by atoms with van der Waals surface area (Å²) in [5.41, 5.74) is 3.05. The second-order valence-electron chi connectivity index (χ2n) is 7.80. The van der Waals surface area contributed by atoms with Gasteiger partial charge >= 0.3 is 0 Å². The second kappa shape index (κ2) is 12.1. The van der Waals surface area contributed by atoms with Crippen LogP contribution in [0.25, 0.3) is 17.1 Å². The standard InChI is InChI=1S/C26H33N3O4/c1-5-10-20-13-14-23(24(17-20)32-4)33-16-9-8-15-29-22-12-7-6-11-21(22)28-26(29)19(2)27-25(30)18-31-3/h5-7,10-14,17,19H,8-9,15-16,18H2,1-4H3,(H,27,30)/b10-5+. The van der Waals surface area contributed by atoms with Crippen molar-refractivity contribution in [1.82, 2.24) is 14.9 Å². The molecule has 0 spiro atoms. The zero-order valence-electron chi connectivity index (χ0n) is 19.8. The summed E-state index contributed by atoms with van der Waals surface area (Å²) in [4.78, 5) is 16.8. The van der Waals surface area contributed by atoms with Crippen molar-refractivity contribution in [3.05, 3.63) is 59.9 Å². The predicted molar refractivity (Wildman–Crippen MR) is 131 cm³/mol. The Bertz CT molecular complexity index is 1090. The van der Waals surface area contributed by atoms with Crippen molar-refractivity contribution in [3.8, 4) is 11.5 Å². The molecule has 176 valence electrons. The van der Waals surface area contributed by atoms with E-state index in [0.717, 1.165) is 53.3 Å². The number of para-hydroxylation sites is 2. The fraction of sp³-hybridized carbons (Fsp3) is 0.385. The average molecular weight is 452 g/mol. The minimum absolute atomic E-state index is 0.0288. The number of allylic oxidation sites excluding steroid dienone is 1. The Morgan fingerprint density at radius 1 is 1.15 bits per heavy atom. The highest BCUT2D eigenvalue weighted by atomic mass is 16.5. The Hall–Kier alpha value is -3.32. The van der Waals surface area contributed by atoms with E-state index in [2.05, 4.69) is 16.0 Å². The van der Waals surface area contributed by atoms with Crippen molar-refractivity contribution in [2.24, 2.45) is 0 Å². The van der Waals surface area contributed by atoms with Gasteiger partial charge in [0.15, 0.2) is 11.5 Å². The normalized spacial score (nSPS) is 12.2. The van der Waals surface area contributed by atoms with Crippen LogP contribution in [-0.2, 0) is 16.1 Å². The van der Waals surface area contributed by atoms with Crippen LogP contribution < -0.4 is 14.8 Å². The smallest absolute Gasteiger partial charge is 0.246 e. The number of methoxy groups -OCH3 is 2. The van der Waals surface area contributed by atoms with E-state index in [-0.39, 0.29) is 18.6 Å². The van der Waals surface area contributed by atoms with Crippen molar-refractivity contribution in [3.63, 3.8) is 0 Å². The fourth-order valence-corrected chi connectivity index (χ4v) is 3.79. The van der Waals surface area contributed by atoms with Gasteiger partial charge in [0, 0.05) is 13.7 Å². The molecule has 7 nitrogen and oxygen atoms in total. The molecule has 1 heterocycles. The highest BCUT2D eigenvalue weighted by Gasteiger charge is 2.18. The maximum atomic E-state index is 12.0. The van der Waals surface area contributed by atoms with Crippen LogP contribution in [0.4, 0.5) is 0 Å². The number of nitrogens with zero attached hydrogens (tertiary/aromatic N) is 2. The average Bonchev–Trinajstić information content (AvgIpc) is 3.18. The molecule has 2 aromatic carbocycles. The molecule has 1 atom stereocenters. The lowest BCUT2D eigenvalue weighted by atomic mass is 10.2. The van der Waals surface area contributed by atoms with E-state index in [1.165, 1.54) is 7.11 Å². The van der Waals surface area contributed by atoms with Crippen molar-refractivity contribution in [2.75, 3.05) is 27.4 Å². The van der Waals surface area contributed by atoms with Gasteiger partial charge in [-0.25, -0.2) is 4.98 Å². The third-order valence-electron chi connectivity index (χ3n) is 5.30. The van der Waals surface area contributed by atoms with E-state index in [9.17, 15) is 4.79 Å². The molecule has 1 amide bonds. The number of rotatable bonds is 12. The number of fused-ring (bicyclic) bond motifs is 1. The third-order valence-corrected chi connectivity index (χ3v) is 5.30. The summed E-state index contributed by atoms with van der Waals surface area (Å²) >= 11 is 0. The largest absolute Gasteiger partial charge is 0.493 e. The predicted octanol–water partition coefficient (Wildman–Crippen LogP) is 4.76. The molecule has 1 N–H and O–H groups in total. The first-order chi connectivity index (χ1) is 16.1. The number of amides is 1. The lowest BCUT2D eigenvalue weighted by Gasteiger charge is -2.16. The van der Waals surface area contributed by atoms with Gasteiger partial charge in [-0.3, -0.25) is 4.79 Å². The monoisotopic (exact) mass is 451 g/mol. The molecule has 0 fully saturated rings. The van der Waals surface area contributed by atoms with E-state index in [4.69, 9.17) is 19.2 Å². The summed E-state index contributed by atoms with van der Waals surface area (Å²) in [5.74, 6) is 2.15. The highest BCUT2D eigenvalue weighted by molar-refractivity contribution is 5.78. The number of unbranched alkanes of at least 4 members (excludes halogenated alkanes) is 1. The maximum Gasteiger partial charge on any atom is 0.246 e. The second-order valence-corrected chi connectivity index (χ2v) is 7.80. The van der Waals surface area contributed by atoms with Crippen molar-refractivity contribution in [2.45, 2.75) is 39.3 Å². The number of imidazole rings is 1. The molecule has 3 aromatic rings. The first-order valence-electron chi connectivity index (χ1n) is 11.2. The lowest BCUT2D eigenvalue weighted by molar-refractivity contribution is -0.125. The molecule has 0 saturated heterocycles. The van der Waals surface area contributed by atoms with Gasteiger partial charge in [0.1, 0.15) is 12.4 Å². The van der Waals surface area contributed by atoms with Gasteiger partial charge in [-0.15, -0.1) is 0 Å². The number of hydrogen-bond donors (Lipinski definition) is 1. The number of benzene rings is 2. The number of nitrogens with one attached hydrogen (secondary N) is 1. The summed E-state index contributed by atoms with van der Waals surface area (Å²) < 4.78 is 18.6. The Morgan fingerprint density at radius 2 is 1.97 bits per heavy atom. The Labute approximate surface area is 195 Å². The third kappa shape index (κ3) is 6.35. The first-order valence-corrected chi connectivity index (χ1v) is 11.2. The van der Waals surface area contributed by atoms with Gasteiger partial charge in [-0.1, -0.05) is 30.4 Å². The molecule has 3 rings (SSSR count). The molecule has 0 aliphatic carbocycles. The summed E-state index contributed by atoms with van der Waals surface area (Å²) in [6.45, 7) is 5.32. The molecular formula is C26H33N3O4. The molecule has 1 unspecified atom stereocenters. The zero-order valence-corrected chi connectivity index (χ0v) is 19.8. The summed E-state index contributed by atoms with van der Waals surface area (Å²) in [7, 11) is 3.16. The van der Waals surface area contributed by atoms with Crippen LogP contribution in [0.2, 0.25) is 0 Å². The molecule has 0 aliphatic rings. The quantitative estimate of drug-likeness (QED) is 0.402. The minimum atomic E-state index is -0.226.